The molecule has 1 fully saturated rings. The molecule has 7 aromatic rings. The van der Waals surface area contributed by atoms with Crippen molar-refractivity contribution in [1.82, 2.24) is 9.55 Å². The van der Waals surface area contributed by atoms with Gasteiger partial charge in [-0.3, -0.25) is 0 Å². The van der Waals surface area contributed by atoms with E-state index in [9.17, 15) is 0 Å². The Balaban J connectivity index is 1.19. The molecule has 1 aliphatic carbocycles. The molecule has 2 atom stereocenters. The van der Waals surface area contributed by atoms with Crippen LogP contribution in [0, 0.1) is 0 Å². The average Bonchev–Trinajstić information content (AvgIpc) is 3.65. The Labute approximate surface area is 278 Å². The zero-order chi connectivity index (χ0) is 32.2. The highest BCUT2D eigenvalue weighted by Crippen LogP contribution is 2.39. The van der Waals surface area contributed by atoms with E-state index in [1.165, 1.54) is 90.0 Å². The van der Waals surface area contributed by atoms with Gasteiger partial charge in [-0.05, 0) is 145 Å². The summed E-state index contributed by atoms with van der Waals surface area (Å²) in [5.41, 5.74) is 19.2. The molecule has 0 bridgehead atoms. The van der Waals surface area contributed by atoms with Crippen molar-refractivity contribution in [3.63, 3.8) is 0 Å². The van der Waals surface area contributed by atoms with Crippen molar-refractivity contribution in [2.24, 2.45) is 5.73 Å². The molecule has 8 rings (SSSR count). The van der Waals surface area contributed by atoms with Crippen molar-refractivity contribution in [2.45, 2.75) is 90.0 Å². The van der Waals surface area contributed by atoms with Gasteiger partial charge in [0.2, 0.25) is 0 Å². The first kappa shape index (κ1) is 30.0. The number of nitrogens with two attached hydrogens (primary N) is 1. The minimum absolute atomic E-state index is 0.372. The minimum atomic E-state index is 0.372. The van der Waals surface area contributed by atoms with Crippen molar-refractivity contribution in [3.8, 4) is 16.8 Å². The summed E-state index contributed by atoms with van der Waals surface area (Å²) in [5.74, 6) is 1.70. The molecule has 3 nitrogen and oxygen atoms in total. The largest absolute Gasteiger partial charge is 0.355 e. The minimum Gasteiger partial charge on any atom is -0.355 e. The third-order valence-corrected chi connectivity index (χ3v) is 11.5. The molecule has 2 aromatic heterocycles. The van der Waals surface area contributed by atoms with E-state index in [4.69, 9.17) is 5.73 Å². The number of hydrogen-bond donors (Lipinski definition) is 2. The van der Waals surface area contributed by atoms with Gasteiger partial charge in [0.05, 0.1) is 11.0 Å². The highest BCUT2D eigenvalue weighted by Gasteiger charge is 2.21. The summed E-state index contributed by atoms with van der Waals surface area (Å²) in [6.45, 7) is 9.23. The first-order valence-corrected chi connectivity index (χ1v) is 17.9. The first-order valence-electron chi connectivity index (χ1n) is 17.9. The highest BCUT2D eigenvalue weighted by molar-refractivity contribution is 6.10. The van der Waals surface area contributed by atoms with Crippen LogP contribution in [0.15, 0.2) is 97.1 Å². The molecule has 2 heterocycles. The van der Waals surface area contributed by atoms with Gasteiger partial charge in [-0.25, -0.2) is 0 Å². The lowest BCUT2D eigenvalue weighted by atomic mass is 9.82. The zero-order valence-corrected chi connectivity index (χ0v) is 28.3. The third kappa shape index (κ3) is 5.26. The number of nitrogens with one attached hydrogen (secondary N) is 1. The van der Waals surface area contributed by atoms with Crippen molar-refractivity contribution < 1.29 is 0 Å². The molecule has 0 spiro atoms. The number of aromatic amines is 1. The number of H-pyrrole nitrogens is 1. The van der Waals surface area contributed by atoms with E-state index in [2.05, 4.69) is 134 Å². The van der Waals surface area contributed by atoms with Crippen LogP contribution in [-0.4, -0.2) is 15.6 Å². The van der Waals surface area contributed by atoms with E-state index in [-0.39, 0.29) is 0 Å². The van der Waals surface area contributed by atoms with E-state index >= 15 is 0 Å². The number of aromatic nitrogens is 2. The molecule has 1 saturated carbocycles. The van der Waals surface area contributed by atoms with Crippen LogP contribution in [0.1, 0.15) is 101 Å². The molecule has 2 unspecified atom stereocenters. The lowest BCUT2D eigenvalue weighted by molar-refractivity contribution is 0.396. The standard InChI is InChI=1S/C44H47N3/c1-5-27(3)31-13-21-43-39(23-31)40-24-32(28(4)6-2)14-22-44(40)47(43)36-17-9-30(10-18-36)34-12-20-42-38(26-34)37-25-33(11-19-41(37)46-42)29-7-15-35(45)16-8-29/h9-14,17-29,35,46H,5-8,15-16,45H2,1-4H3. The van der Waals surface area contributed by atoms with Crippen molar-refractivity contribution in [3.05, 3.63) is 114 Å². The number of nitrogens with zero attached hydrogens (tertiary/aromatic N) is 1. The molecular formula is C44H47N3. The van der Waals surface area contributed by atoms with E-state index in [1.54, 1.807) is 0 Å². The Morgan fingerprint density at radius 2 is 1.17 bits per heavy atom. The predicted molar refractivity (Wildman–Crippen MR) is 202 cm³/mol. The molecule has 5 aromatic carbocycles. The molecule has 0 aliphatic heterocycles. The molecule has 238 valence electrons. The van der Waals surface area contributed by atoms with Crippen molar-refractivity contribution in [2.75, 3.05) is 0 Å². The maximum atomic E-state index is 6.21. The molecule has 0 amide bonds. The summed E-state index contributed by atoms with van der Waals surface area (Å²) >= 11 is 0. The normalized spacial score (nSPS) is 18.4. The van der Waals surface area contributed by atoms with Crippen LogP contribution in [0.5, 0.6) is 0 Å². The van der Waals surface area contributed by atoms with Gasteiger partial charge in [0, 0.05) is 44.3 Å². The monoisotopic (exact) mass is 617 g/mol. The number of hydrogen-bond acceptors (Lipinski definition) is 1. The second kappa shape index (κ2) is 12.0. The predicted octanol–water partition coefficient (Wildman–Crippen LogP) is 12.1. The van der Waals surface area contributed by atoms with E-state index in [0.29, 0.717) is 23.8 Å². The van der Waals surface area contributed by atoms with Crippen molar-refractivity contribution >= 4 is 43.6 Å². The van der Waals surface area contributed by atoms with Crippen LogP contribution in [-0.2, 0) is 0 Å². The van der Waals surface area contributed by atoms with Crippen LogP contribution in [0.3, 0.4) is 0 Å². The molecule has 0 saturated heterocycles. The molecule has 3 heteroatoms. The zero-order valence-electron chi connectivity index (χ0n) is 28.3. The topological polar surface area (TPSA) is 46.7 Å². The summed E-state index contributed by atoms with van der Waals surface area (Å²) in [4.78, 5) is 3.66. The maximum Gasteiger partial charge on any atom is 0.0541 e. The Morgan fingerprint density at radius 1 is 0.617 bits per heavy atom. The van der Waals surface area contributed by atoms with Crippen LogP contribution in [0.4, 0.5) is 0 Å². The Bertz CT molecular complexity index is 2160. The van der Waals surface area contributed by atoms with Crippen LogP contribution in [0.2, 0.25) is 0 Å². The van der Waals surface area contributed by atoms with Crippen LogP contribution < -0.4 is 5.73 Å². The number of benzene rings is 5. The maximum absolute atomic E-state index is 6.21. The van der Waals surface area contributed by atoms with Gasteiger partial charge in [0.15, 0.2) is 0 Å². The van der Waals surface area contributed by atoms with Crippen LogP contribution in [0.25, 0.3) is 60.4 Å². The van der Waals surface area contributed by atoms with Gasteiger partial charge < -0.3 is 15.3 Å². The van der Waals surface area contributed by atoms with Gasteiger partial charge in [0.25, 0.3) is 0 Å². The third-order valence-electron chi connectivity index (χ3n) is 11.5. The fourth-order valence-corrected chi connectivity index (χ4v) is 8.03. The van der Waals surface area contributed by atoms with Gasteiger partial charge in [-0.15, -0.1) is 0 Å². The Kier molecular flexibility index (Phi) is 7.69. The smallest absolute Gasteiger partial charge is 0.0541 e. The summed E-state index contributed by atoms with van der Waals surface area (Å²) in [6, 6.07) is 37.7. The number of fused-ring (bicyclic) bond motifs is 6. The van der Waals surface area contributed by atoms with Gasteiger partial charge >= 0.3 is 0 Å². The van der Waals surface area contributed by atoms with Crippen molar-refractivity contribution in [1.29, 1.82) is 0 Å². The van der Waals surface area contributed by atoms with Gasteiger partial charge in [0.1, 0.15) is 0 Å². The van der Waals surface area contributed by atoms with Gasteiger partial charge in [-0.2, -0.15) is 0 Å². The van der Waals surface area contributed by atoms with E-state index < -0.39 is 0 Å². The lowest BCUT2D eigenvalue weighted by Crippen LogP contribution is -2.25. The SMILES string of the molecule is CCC(C)c1ccc2c(c1)c1cc(C(C)CC)ccc1n2-c1ccc(-c2ccc3[nH]c4ccc(C5CCC(N)CC5)cc4c3c2)cc1. The average molecular weight is 618 g/mol. The lowest BCUT2D eigenvalue weighted by Gasteiger charge is -2.26. The molecule has 0 radical (unpaired) electrons. The molecular weight excluding hydrogens is 571 g/mol. The van der Waals surface area contributed by atoms with E-state index in [1.807, 2.05) is 0 Å². The second-order valence-corrected chi connectivity index (χ2v) is 14.4. The summed E-state index contributed by atoms with van der Waals surface area (Å²) < 4.78 is 2.46. The highest BCUT2D eigenvalue weighted by atomic mass is 15.0. The fourth-order valence-electron chi connectivity index (χ4n) is 8.03. The van der Waals surface area contributed by atoms with E-state index in [0.717, 1.165) is 25.7 Å². The Hall–Kier alpha value is -4.34. The summed E-state index contributed by atoms with van der Waals surface area (Å²) in [6.07, 6.45) is 6.93. The molecule has 1 aliphatic rings. The fraction of sp³-hybridized carbons (Fsp3) is 0.318. The molecule has 47 heavy (non-hydrogen) atoms. The number of rotatable bonds is 7. The summed E-state index contributed by atoms with van der Waals surface area (Å²) in [7, 11) is 0. The quantitative estimate of drug-likeness (QED) is 0.184. The summed E-state index contributed by atoms with van der Waals surface area (Å²) in [5, 5.41) is 5.33. The Morgan fingerprint density at radius 3 is 1.77 bits per heavy atom. The first-order chi connectivity index (χ1) is 22.9. The van der Waals surface area contributed by atoms with Gasteiger partial charge in [-0.1, -0.05) is 64.1 Å². The van der Waals surface area contributed by atoms with Crippen LogP contribution >= 0.6 is 0 Å². The second-order valence-electron chi connectivity index (χ2n) is 14.4. The molecule has 3 N–H and O–H groups in total.